The van der Waals surface area contributed by atoms with Crippen LogP contribution in [0, 0.1) is 0 Å². The van der Waals surface area contributed by atoms with Crippen LogP contribution in [0.3, 0.4) is 0 Å². The van der Waals surface area contributed by atoms with Crippen LogP contribution in [0.5, 0.6) is 0 Å². The van der Waals surface area contributed by atoms with Crippen molar-refractivity contribution in [3.63, 3.8) is 0 Å². The number of rotatable bonds is 8. The first-order valence-electron chi connectivity index (χ1n) is 7.46. The largest absolute Gasteiger partial charge is 0.353 e. The number of hydrogen-bond acceptors (Lipinski definition) is 7. The summed E-state index contributed by atoms with van der Waals surface area (Å²) in [5.74, 6) is -0.0295. The highest BCUT2D eigenvalue weighted by Crippen LogP contribution is 2.33. The van der Waals surface area contributed by atoms with Crippen LogP contribution in [0.2, 0.25) is 0 Å². The average Bonchev–Trinajstić information content (AvgIpc) is 2.84. The van der Waals surface area contributed by atoms with Crippen molar-refractivity contribution in [3.8, 4) is 0 Å². The summed E-state index contributed by atoms with van der Waals surface area (Å²) in [6, 6.07) is 0.234. The molecule has 0 aliphatic carbocycles. The predicted molar refractivity (Wildman–Crippen MR) is 97.1 cm³/mol. The average molecular weight is 377 g/mol. The third-order valence-corrected chi connectivity index (χ3v) is 5.84. The van der Waals surface area contributed by atoms with Crippen molar-refractivity contribution in [3.05, 3.63) is 0 Å². The van der Waals surface area contributed by atoms with Gasteiger partial charge in [-0.2, -0.15) is 0 Å². The monoisotopic (exact) mass is 376 g/mol. The molecule has 1 heterocycles. The van der Waals surface area contributed by atoms with Gasteiger partial charge in [-0.15, -0.1) is 10.2 Å². The highest BCUT2D eigenvalue weighted by Gasteiger charge is 2.20. The van der Waals surface area contributed by atoms with E-state index in [0.717, 1.165) is 8.68 Å². The van der Waals surface area contributed by atoms with Gasteiger partial charge in [0.1, 0.15) is 0 Å². The van der Waals surface area contributed by atoms with Crippen LogP contribution in [0.4, 0.5) is 0 Å². The van der Waals surface area contributed by atoms with Crippen LogP contribution in [-0.4, -0.2) is 44.6 Å². The summed E-state index contributed by atoms with van der Waals surface area (Å²) in [6.07, 6.45) is 0. The molecule has 0 spiro atoms. The Morgan fingerprint density at radius 1 is 0.826 bits per heavy atom. The first-order valence-corrected chi connectivity index (χ1v) is 10.0. The molecule has 1 aromatic rings. The lowest BCUT2D eigenvalue weighted by molar-refractivity contribution is -0.121. The van der Waals surface area contributed by atoms with Crippen molar-refractivity contribution in [1.29, 1.82) is 0 Å². The van der Waals surface area contributed by atoms with Crippen molar-refractivity contribution in [1.82, 2.24) is 20.8 Å². The van der Waals surface area contributed by atoms with Crippen LogP contribution in [0.15, 0.2) is 8.68 Å². The van der Waals surface area contributed by atoms with Gasteiger partial charge >= 0.3 is 0 Å². The molecule has 0 saturated heterocycles. The van der Waals surface area contributed by atoms with E-state index in [1.54, 1.807) is 0 Å². The topological polar surface area (TPSA) is 84.0 Å². The second-order valence-corrected chi connectivity index (χ2v) is 9.83. The van der Waals surface area contributed by atoms with Gasteiger partial charge in [0.25, 0.3) is 0 Å². The fourth-order valence-corrected chi connectivity index (χ4v) is 4.83. The lowest BCUT2D eigenvalue weighted by Crippen LogP contribution is -2.35. The van der Waals surface area contributed by atoms with E-state index in [4.69, 9.17) is 0 Å². The Bertz CT molecular complexity index is 489. The molecule has 0 unspecified atom stereocenters. The van der Waals surface area contributed by atoms with Gasteiger partial charge in [0.2, 0.25) is 11.8 Å². The molecule has 0 bridgehead atoms. The van der Waals surface area contributed by atoms with Gasteiger partial charge in [-0.3, -0.25) is 9.59 Å². The Hall–Kier alpha value is -0.800. The smallest absolute Gasteiger partial charge is 0.233 e. The van der Waals surface area contributed by atoms with E-state index in [2.05, 4.69) is 20.8 Å². The lowest BCUT2D eigenvalue weighted by Gasteiger charge is -2.12. The zero-order chi connectivity index (χ0) is 17.6. The minimum atomic E-state index is -0.232. The van der Waals surface area contributed by atoms with Gasteiger partial charge in [-0.05, 0) is 41.5 Å². The molecular formula is C14H24N4O2S3. The molecule has 0 aromatic carbocycles. The van der Waals surface area contributed by atoms with Crippen LogP contribution in [0.1, 0.15) is 41.5 Å². The highest BCUT2D eigenvalue weighted by atomic mass is 32.2. The summed E-state index contributed by atoms with van der Waals surface area (Å²) >= 11 is 4.17. The predicted octanol–water partition coefficient (Wildman–Crippen LogP) is 2.55. The minimum Gasteiger partial charge on any atom is -0.353 e. The number of aromatic nitrogens is 2. The molecule has 0 aliphatic rings. The molecule has 6 nitrogen and oxygen atoms in total. The number of amides is 2. The molecule has 2 atom stereocenters. The van der Waals surface area contributed by atoms with E-state index in [0.29, 0.717) is 0 Å². The molecule has 1 rings (SSSR count). The van der Waals surface area contributed by atoms with Crippen LogP contribution < -0.4 is 10.6 Å². The van der Waals surface area contributed by atoms with Crippen molar-refractivity contribution in [2.24, 2.45) is 0 Å². The molecule has 0 saturated carbocycles. The van der Waals surface area contributed by atoms with E-state index in [-0.39, 0.29) is 34.4 Å². The van der Waals surface area contributed by atoms with Gasteiger partial charge in [-0.25, -0.2) is 0 Å². The molecule has 1 aromatic heterocycles. The van der Waals surface area contributed by atoms with Crippen molar-refractivity contribution < 1.29 is 9.59 Å². The first-order chi connectivity index (χ1) is 10.7. The Labute approximate surface area is 150 Å². The summed E-state index contributed by atoms with van der Waals surface area (Å²) in [4.78, 5) is 23.8. The molecule has 23 heavy (non-hydrogen) atoms. The summed E-state index contributed by atoms with van der Waals surface area (Å²) < 4.78 is 1.46. The van der Waals surface area contributed by atoms with E-state index < -0.39 is 0 Å². The Balaban J connectivity index is 2.54. The molecular weight excluding hydrogens is 352 g/mol. The van der Waals surface area contributed by atoms with Gasteiger partial charge in [0.05, 0.1) is 10.5 Å². The molecule has 130 valence electrons. The molecule has 2 N–H and O–H groups in total. The maximum atomic E-state index is 11.9. The van der Waals surface area contributed by atoms with E-state index in [9.17, 15) is 9.59 Å². The SMILES string of the molecule is CC(C)NC(=O)[C@H](C)Sc1nnc(S[C@H](C)C(=O)NC(C)C)s1. The normalized spacial score (nSPS) is 13.9. The molecule has 0 fully saturated rings. The molecule has 0 radical (unpaired) electrons. The van der Waals surface area contributed by atoms with Gasteiger partial charge < -0.3 is 10.6 Å². The van der Waals surface area contributed by atoms with Crippen molar-refractivity contribution in [2.75, 3.05) is 0 Å². The van der Waals surface area contributed by atoms with Crippen molar-refractivity contribution in [2.45, 2.75) is 72.8 Å². The fraction of sp³-hybridized carbons (Fsp3) is 0.714. The zero-order valence-corrected chi connectivity index (χ0v) is 16.7. The summed E-state index contributed by atoms with van der Waals surface area (Å²) in [5, 5.41) is 13.5. The third-order valence-electron chi connectivity index (χ3n) is 2.54. The van der Waals surface area contributed by atoms with Gasteiger partial charge in [0, 0.05) is 12.1 Å². The Morgan fingerprint density at radius 3 is 1.48 bits per heavy atom. The summed E-state index contributed by atoms with van der Waals surface area (Å²) in [6.45, 7) is 11.4. The van der Waals surface area contributed by atoms with Gasteiger partial charge in [0.15, 0.2) is 8.68 Å². The zero-order valence-electron chi connectivity index (χ0n) is 14.2. The third kappa shape index (κ3) is 7.54. The quantitative estimate of drug-likeness (QED) is 0.678. The number of carbonyl (C=O) groups is 2. The number of carbonyl (C=O) groups excluding carboxylic acids is 2. The Kier molecular flexibility index (Phi) is 8.35. The van der Waals surface area contributed by atoms with E-state index >= 15 is 0 Å². The summed E-state index contributed by atoms with van der Waals surface area (Å²) in [5.41, 5.74) is 0. The maximum absolute atomic E-state index is 11.9. The number of nitrogens with one attached hydrogen (secondary N) is 2. The lowest BCUT2D eigenvalue weighted by atomic mass is 10.3. The minimum absolute atomic E-state index is 0.0147. The molecule has 2 amide bonds. The number of hydrogen-bond donors (Lipinski definition) is 2. The summed E-state index contributed by atoms with van der Waals surface area (Å²) in [7, 11) is 0. The van der Waals surface area contributed by atoms with Crippen LogP contribution in [-0.2, 0) is 9.59 Å². The Morgan fingerprint density at radius 2 is 1.17 bits per heavy atom. The van der Waals surface area contributed by atoms with Crippen LogP contribution in [0.25, 0.3) is 0 Å². The fourth-order valence-electron chi connectivity index (χ4n) is 1.51. The second-order valence-electron chi connectivity index (χ2n) is 5.68. The van der Waals surface area contributed by atoms with E-state index in [1.807, 2.05) is 41.5 Å². The standard InChI is InChI=1S/C14H24N4O2S3/c1-7(2)15-11(19)9(5)21-13-17-18-14(23-13)22-10(6)12(20)16-8(3)4/h7-10H,1-6H3,(H,15,19)(H,16,20)/t9-,10+. The number of thioether (sulfide) groups is 2. The first kappa shape index (κ1) is 20.2. The molecule has 9 heteroatoms. The maximum Gasteiger partial charge on any atom is 0.233 e. The number of nitrogens with zero attached hydrogens (tertiary/aromatic N) is 2. The van der Waals surface area contributed by atoms with Crippen LogP contribution >= 0.6 is 34.9 Å². The van der Waals surface area contributed by atoms with Gasteiger partial charge in [-0.1, -0.05) is 34.9 Å². The second kappa shape index (κ2) is 9.48. The molecule has 0 aliphatic heterocycles. The van der Waals surface area contributed by atoms with E-state index in [1.165, 1.54) is 34.9 Å². The van der Waals surface area contributed by atoms with Crippen molar-refractivity contribution >= 4 is 46.7 Å². The highest BCUT2D eigenvalue weighted by molar-refractivity contribution is 8.04.